The van der Waals surface area contributed by atoms with E-state index in [4.69, 9.17) is 0 Å². The summed E-state index contributed by atoms with van der Waals surface area (Å²) in [5, 5.41) is 11.4. The van der Waals surface area contributed by atoms with Crippen molar-refractivity contribution < 1.29 is 31.9 Å². The van der Waals surface area contributed by atoms with Crippen LogP contribution in [0.15, 0.2) is 4.99 Å². The third-order valence-corrected chi connectivity index (χ3v) is 4.41. The minimum atomic E-state index is -5.03. The van der Waals surface area contributed by atoms with Crippen molar-refractivity contribution >= 4 is 22.8 Å². The molecule has 0 radical (unpaired) electrons. The molecule has 0 unspecified atom stereocenters. The zero-order valence-corrected chi connectivity index (χ0v) is 14.1. The Morgan fingerprint density at radius 2 is 1.96 bits per heavy atom. The van der Waals surface area contributed by atoms with Crippen LogP contribution in [-0.2, 0) is 12.6 Å². The highest BCUT2D eigenvalue weighted by Crippen LogP contribution is 2.39. The third kappa shape index (κ3) is 4.10. The molecule has 1 aromatic rings. The van der Waals surface area contributed by atoms with E-state index in [1.165, 1.54) is 0 Å². The van der Waals surface area contributed by atoms with Crippen LogP contribution in [0.2, 0.25) is 0 Å². The van der Waals surface area contributed by atoms with Crippen LogP contribution >= 0.6 is 11.8 Å². The summed E-state index contributed by atoms with van der Waals surface area (Å²) in [5.41, 5.74) is -4.79. The second kappa shape index (κ2) is 7.27. The number of alkyl halides is 5. The monoisotopic (exact) mass is 381 g/mol. The number of rotatable bonds is 5. The van der Waals surface area contributed by atoms with Gasteiger partial charge >= 0.3 is 6.18 Å². The molecule has 0 aliphatic carbocycles. The Hall–Kier alpha value is -1.71. The summed E-state index contributed by atoms with van der Waals surface area (Å²) < 4.78 is 66.8. The van der Waals surface area contributed by atoms with Crippen molar-refractivity contribution in [1.29, 1.82) is 0 Å². The molecule has 138 valence electrons. The Morgan fingerprint density at radius 3 is 2.36 bits per heavy atom. The smallest absolute Gasteiger partial charge is 0.434 e. The van der Waals surface area contributed by atoms with Gasteiger partial charge < -0.3 is 9.90 Å². The van der Waals surface area contributed by atoms with Gasteiger partial charge in [0, 0.05) is 23.4 Å². The molecular weight excluding hydrogens is 367 g/mol. The first kappa shape index (κ1) is 19.6. The first-order chi connectivity index (χ1) is 11.5. The topological polar surface area (TPSA) is 65.4 Å². The molecule has 1 aliphatic heterocycles. The highest BCUT2D eigenvalue weighted by molar-refractivity contribution is 8.14. The summed E-state index contributed by atoms with van der Waals surface area (Å²) >= 11 is 1.01. The number of thioether (sulfide) groups is 1. The van der Waals surface area contributed by atoms with Gasteiger partial charge in [-0.3, -0.25) is 4.99 Å². The zero-order chi connectivity index (χ0) is 18.9. The molecule has 0 N–H and O–H groups in total. The van der Waals surface area contributed by atoms with E-state index in [0.717, 1.165) is 11.8 Å². The van der Waals surface area contributed by atoms with Crippen LogP contribution in [0, 0.1) is 5.92 Å². The van der Waals surface area contributed by atoms with E-state index in [2.05, 4.69) is 9.98 Å². The lowest BCUT2D eigenvalue weighted by atomic mass is 9.91. The van der Waals surface area contributed by atoms with Gasteiger partial charge in [0.15, 0.2) is 5.69 Å². The zero-order valence-electron chi connectivity index (χ0n) is 13.3. The summed E-state index contributed by atoms with van der Waals surface area (Å²) in [6.45, 7) is 3.54. The van der Waals surface area contributed by atoms with Crippen molar-refractivity contribution in [3.8, 4) is 0 Å². The lowest BCUT2D eigenvalue weighted by Gasteiger charge is -2.23. The van der Waals surface area contributed by atoms with Crippen molar-refractivity contribution in [2.75, 3.05) is 12.3 Å². The minimum Gasteiger partial charge on any atom is -0.545 e. The molecule has 1 aliphatic rings. The Bertz CT molecular complexity index is 717. The number of aromatic nitrogens is 1. The van der Waals surface area contributed by atoms with Gasteiger partial charge in [0.1, 0.15) is 10.7 Å². The minimum absolute atomic E-state index is 0.0289. The lowest BCUT2D eigenvalue weighted by Crippen LogP contribution is -2.30. The Balaban J connectivity index is 2.93. The third-order valence-electron chi connectivity index (χ3n) is 3.42. The predicted octanol–water partition coefficient (Wildman–Crippen LogP) is 3.09. The van der Waals surface area contributed by atoms with Crippen LogP contribution in [-0.4, -0.2) is 28.3 Å². The number of aromatic carboxylic acids is 1. The number of carbonyl (C=O) groups excluding carboxylic acids is 1. The lowest BCUT2D eigenvalue weighted by molar-refractivity contribution is -0.255. The Kier molecular flexibility index (Phi) is 5.70. The molecule has 25 heavy (non-hydrogen) atoms. The highest BCUT2D eigenvalue weighted by Gasteiger charge is 2.41. The molecular formula is C15H14F5N2O2S-. The van der Waals surface area contributed by atoms with Crippen molar-refractivity contribution in [3.05, 3.63) is 28.1 Å². The fraction of sp³-hybridized carbons (Fsp3) is 0.533. The first-order valence-electron chi connectivity index (χ1n) is 7.35. The maximum Gasteiger partial charge on any atom is 0.434 e. The van der Waals surface area contributed by atoms with Gasteiger partial charge in [-0.05, 0) is 17.9 Å². The number of hydrogen-bond acceptors (Lipinski definition) is 5. The molecule has 1 aromatic heterocycles. The van der Waals surface area contributed by atoms with Gasteiger partial charge in [-0.2, -0.15) is 13.2 Å². The van der Waals surface area contributed by atoms with Crippen LogP contribution in [0.4, 0.5) is 22.0 Å². The molecule has 2 heterocycles. The number of hydrogen-bond donors (Lipinski definition) is 0. The Morgan fingerprint density at radius 1 is 1.32 bits per heavy atom. The van der Waals surface area contributed by atoms with E-state index in [0.29, 0.717) is 5.75 Å². The van der Waals surface area contributed by atoms with Crippen molar-refractivity contribution in [1.82, 2.24) is 4.98 Å². The number of aliphatic imine (C=N–C) groups is 1. The quantitative estimate of drug-likeness (QED) is 0.736. The molecule has 4 nitrogen and oxygen atoms in total. The van der Waals surface area contributed by atoms with Gasteiger partial charge in [0.2, 0.25) is 0 Å². The van der Waals surface area contributed by atoms with E-state index in [1.54, 1.807) is 13.8 Å². The fourth-order valence-corrected chi connectivity index (χ4v) is 3.50. The molecule has 2 rings (SSSR count). The maximum atomic E-state index is 13.5. The Labute approximate surface area is 144 Å². The molecule has 10 heteroatoms. The normalized spacial score (nSPS) is 15.2. The summed E-state index contributed by atoms with van der Waals surface area (Å²) in [6.07, 6.45) is -8.66. The number of carboxylic acids is 1. The molecule has 0 saturated heterocycles. The number of halogens is 5. The van der Waals surface area contributed by atoms with Crippen LogP contribution in [0.3, 0.4) is 0 Å². The molecule has 0 aromatic carbocycles. The van der Waals surface area contributed by atoms with Crippen LogP contribution < -0.4 is 5.11 Å². The predicted molar refractivity (Wildman–Crippen MR) is 80.9 cm³/mol. The number of pyridine rings is 1. The summed E-state index contributed by atoms with van der Waals surface area (Å²) in [6, 6.07) is 0. The maximum absolute atomic E-state index is 13.5. The SMILES string of the molecule is CC(C)Cc1c(C(=O)[O-])c(C(F)F)nc(C(F)(F)F)c1C1=NCCS1. The van der Waals surface area contributed by atoms with Gasteiger partial charge in [-0.15, -0.1) is 11.8 Å². The van der Waals surface area contributed by atoms with E-state index in [-0.39, 0.29) is 29.5 Å². The summed E-state index contributed by atoms with van der Waals surface area (Å²) in [4.78, 5) is 18.4. The molecule has 0 fully saturated rings. The summed E-state index contributed by atoms with van der Waals surface area (Å²) in [7, 11) is 0. The van der Waals surface area contributed by atoms with E-state index < -0.39 is 41.1 Å². The molecule has 0 atom stereocenters. The van der Waals surface area contributed by atoms with Gasteiger partial charge in [-0.1, -0.05) is 13.8 Å². The molecule has 0 bridgehead atoms. The largest absolute Gasteiger partial charge is 0.545 e. The number of carbonyl (C=O) groups is 1. The van der Waals surface area contributed by atoms with E-state index >= 15 is 0 Å². The highest BCUT2D eigenvalue weighted by atomic mass is 32.2. The van der Waals surface area contributed by atoms with Gasteiger partial charge in [0.25, 0.3) is 6.43 Å². The van der Waals surface area contributed by atoms with Gasteiger partial charge in [-0.25, -0.2) is 13.8 Å². The second-order valence-electron chi connectivity index (χ2n) is 5.79. The van der Waals surface area contributed by atoms with Gasteiger partial charge in [0.05, 0.1) is 5.97 Å². The van der Waals surface area contributed by atoms with E-state index in [1.807, 2.05) is 0 Å². The summed E-state index contributed by atoms with van der Waals surface area (Å²) in [5.74, 6) is -1.83. The molecule has 0 spiro atoms. The second-order valence-corrected chi connectivity index (χ2v) is 6.88. The average molecular weight is 381 g/mol. The standard InChI is InChI=1S/C15H15F5N2O2S/c1-6(2)5-7-8(14(23)24)10(12(16)17)22-11(15(18,19)20)9(7)13-21-3-4-25-13/h6,12H,3-5H2,1-2H3,(H,23,24)/p-1. The number of carboxylic acid groups (broad SMARTS) is 1. The molecule has 0 amide bonds. The van der Waals surface area contributed by atoms with Crippen molar-refractivity contribution in [3.63, 3.8) is 0 Å². The number of nitrogens with zero attached hydrogens (tertiary/aromatic N) is 2. The van der Waals surface area contributed by atoms with E-state index in [9.17, 15) is 31.9 Å². The first-order valence-corrected chi connectivity index (χ1v) is 8.33. The van der Waals surface area contributed by atoms with Crippen LogP contribution in [0.1, 0.15) is 53.1 Å². The fourth-order valence-electron chi connectivity index (χ4n) is 2.57. The van der Waals surface area contributed by atoms with Crippen molar-refractivity contribution in [2.24, 2.45) is 10.9 Å². The van der Waals surface area contributed by atoms with Crippen LogP contribution in [0.5, 0.6) is 0 Å². The van der Waals surface area contributed by atoms with Crippen molar-refractivity contribution in [2.45, 2.75) is 32.9 Å². The molecule has 0 saturated carbocycles. The van der Waals surface area contributed by atoms with Crippen LogP contribution in [0.25, 0.3) is 0 Å². The average Bonchev–Trinajstić information content (AvgIpc) is 2.97.